The second-order valence-electron chi connectivity index (χ2n) is 5.21. The first-order valence-electron chi connectivity index (χ1n) is 7.12. The van der Waals surface area contributed by atoms with E-state index in [1.54, 1.807) is 6.07 Å². The van der Waals surface area contributed by atoms with Crippen LogP contribution in [0.1, 0.15) is 31.2 Å². The van der Waals surface area contributed by atoms with E-state index in [4.69, 9.17) is 0 Å². The Balaban J connectivity index is 1.60. The largest absolute Gasteiger partial charge is 0.313 e. The Kier molecular flexibility index (Phi) is 6.28. The van der Waals surface area contributed by atoms with E-state index in [1.165, 1.54) is 45.0 Å². The van der Waals surface area contributed by atoms with Gasteiger partial charge in [0, 0.05) is 11.0 Å². The van der Waals surface area contributed by atoms with Gasteiger partial charge in [-0.3, -0.25) is 0 Å². The van der Waals surface area contributed by atoms with Gasteiger partial charge in [0.05, 0.1) is 0 Å². The summed E-state index contributed by atoms with van der Waals surface area (Å²) in [5, 5.41) is 3.38. The number of likely N-dealkylation sites (tertiary alicyclic amines) is 1. The Labute approximate surface area is 123 Å². The molecule has 1 heterocycles. The van der Waals surface area contributed by atoms with Gasteiger partial charge in [0.2, 0.25) is 0 Å². The highest BCUT2D eigenvalue weighted by molar-refractivity contribution is 9.10. The second kappa shape index (κ2) is 7.98. The molecule has 106 valence electrons. The molecule has 19 heavy (non-hydrogen) atoms. The van der Waals surface area contributed by atoms with Gasteiger partial charge in [0.1, 0.15) is 5.82 Å². The molecule has 2 nitrogen and oxygen atoms in total. The van der Waals surface area contributed by atoms with Crippen LogP contribution in [0.5, 0.6) is 0 Å². The Morgan fingerprint density at radius 1 is 1.16 bits per heavy atom. The summed E-state index contributed by atoms with van der Waals surface area (Å²) < 4.78 is 14.0. The van der Waals surface area contributed by atoms with Gasteiger partial charge < -0.3 is 10.2 Å². The molecule has 0 aliphatic carbocycles. The van der Waals surface area contributed by atoms with Crippen LogP contribution < -0.4 is 5.32 Å². The molecule has 1 saturated heterocycles. The van der Waals surface area contributed by atoms with Crippen molar-refractivity contribution in [1.29, 1.82) is 0 Å². The fraction of sp³-hybridized carbons (Fsp3) is 0.600. The molecule has 0 unspecified atom stereocenters. The molecule has 1 fully saturated rings. The van der Waals surface area contributed by atoms with Crippen LogP contribution in [0.15, 0.2) is 22.7 Å². The number of hydrogen-bond donors (Lipinski definition) is 1. The van der Waals surface area contributed by atoms with Gasteiger partial charge in [-0.1, -0.05) is 22.4 Å². The van der Waals surface area contributed by atoms with Crippen LogP contribution in [0.4, 0.5) is 4.39 Å². The maximum absolute atomic E-state index is 13.2. The minimum atomic E-state index is -0.181. The molecule has 4 heteroatoms. The molecular formula is C15H22BrFN2. The van der Waals surface area contributed by atoms with Gasteiger partial charge in [-0.15, -0.1) is 0 Å². The van der Waals surface area contributed by atoms with E-state index < -0.39 is 0 Å². The van der Waals surface area contributed by atoms with E-state index in [9.17, 15) is 4.39 Å². The topological polar surface area (TPSA) is 15.3 Å². The maximum Gasteiger partial charge on any atom is 0.124 e. The molecule has 0 saturated carbocycles. The smallest absolute Gasteiger partial charge is 0.124 e. The van der Waals surface area contributed by atoms with Gasteiger partial charge in [-0.2, -0.15) is 0 Å². The van der Waals surface area contributed by atoms with Crippen LogP contribution in [0.3, 0.4) is 0 Å². The van der Waals surface area contributed by atoms with E-state index in [-0.39, 0.29) is 5.82 Å². The lowest BCUT2D eigenvalue weighted by Crippen LogP contribution is -2.32. The summed E-state index contributed by atoms with van der Waals surface area (Å²) in [7, 11) is 0. The first kappa shape index (κ1) is 14.9. The van der Waals surface area contributed by atoms with Gasteiger partial charge in [-0.25, -0.2) is 4.39 Å². The van der Waals surface area contributed by atoms with E-state index in [2.05, 4.69) is 26.1 Å². The van der Waals surface area contributed by atoms with Crippen molar-refractivity contribution in [2.45, 2.75) is 32.2 Å². The maximum atomic E-state index is 13.2. The van der Waals surface area contributed by atoms with Crippen LogP contribution in [-0.4, -0.2) is 31.1 Å². The first-order valence-corrected chi connectivity index (χ1v) is 7.91. The number of hydrogen-bond acceptors (Lipinski definition) is 2. The SMILES string of the molecule is Fc1cc(Br)cc(CNCCCN2CCCCC2)c1. The van der Waals surface area contributed by atoms with Crippen LogP contribution in [0.25, 0.3) is 0 Å². The highest BCUT2D eigenvalue weighted by Crippen LogP contribution is 2.14. The number of halogens is 2. The quantitative estimate of drug-likeness (QED) is 0.803. The molecule has 1 aliphatic rings. The van der Waals surface area contributed by atoms with Crippen molar-refractivity contribution in [3.8, 4) is 0 Å². The normalized spacial score (nSPS) is 16.7. The van der Waals surface area contributed by atoms with Crippen molar-refractivity contribution in [1.82, 2.24) is 10.2 Å². The van der Waals surface area contributed by atoms with Crippen LogP contribution in [0.2, 0.25) is 0 Å². The lowest BCUT2D eigenvalue weighted by atomic mass is 10.1. The molecule has 1 N–H and O–H groups in total. The summed E-state index contributed by atoms with van der Waals surface area (Å²) in [6, 6.07) is 5.03. The highest BCUT2D eigenvalue weighted by atomic mass is 79.9. The van der Waals surface area contributed by atoms with Crippen LogP contribution >= 0.6 is 15.9 Å². The van der Waals surface area contributed by atoms with Crippen molar-refractivity contribution < 1.29 is 4.39 Å². The molecule has 0 amide bonds. The molecule has 0 spiro atoms. The predicted octanol–water partition coefficient (Wildman–Crippen LogP) is 3.55. The Morgan fingerprint density at radius 2 is 1.95 bits per heavy atom. The first-order chi connectivity index (χ1) is 9.24. The Bertz CT molecular complexity index is 371. The fourth-order valence-corrected chi connectivity index (χ4v) is 3.07. The standard InChI is InChI=1S/C15H22BrFN2/c16-14-9-13(10-15(17)11-14)12-18-5-4-8-19-6-2-1-3-7-19/h9-11,18H,1-8,12H2. The molecule has 1 aromatic rings. The number of benzene rings is 1. The van der Waals surface area contributed by atoms with Crippen molar-refractivity contribution in [2.24, 2.45) is 0 Å². The average Bonchev–Trinajstić information content (AvgIpc) is 2.38. The molecule has 1 aromatic carbocycles. The van der Waals surface area contributed by atoms with Crippen molar-refractivity contribution in [3.63, 3.8) is 0 Å². The van der Waals surface area contributed by atoms with E-state index in [1.807, 2.05) is 6.07 Å². The molecule has 0 aromatic heterocycles. The average molecular weight is 329 g/mol. The lowest BCUT2D eigenvalue weighted by molar-refractivity contribution is 0.225. The third-order valence-corrected chi connectivity index (χ3v) is 3.99. The molecule has 2 rings (SSSR count). The fourth-order valence-electron chi connectivity index (χ4n) is 2.56. The number of nitrogens with zero attached hydrogens (tertiary/aromatic N) is 1. The zero-order chi connectivity index (χ0) is 13.5. The van der Waals surface area contributed by atoms with Crippen molar-refractivity contribution in [3.05, 3.63) is 34.1 Å². The molecule has 0 atom stereocenters. The lowest BCUT2D eigenvalue weighted by Gasteiger charge is -2.26. The number of nitrogens with one attached hydrogen (secondary N) is 1. The number of piperidine rings is 1. The highest BCUT2D eigenvalue weighted by Gasteiger charge is 2.08. The minimum Gasteiger partial charge on any atom is -0.313 e. The Hall–Kier alpha value is -0.450. The molecule has 0 radical (unpaired) electrons. The van der Waals surface area contributed by atoms with Crippen LogP contribution in [0, 0.1) is 5.82 Å². The summed E-state index contributed by atoms with van der Waals surface area (Å²) in [4.78, 5) is 2.55. The summed E-state index contributed by atoms with van der Waals surface area (Å²) in [5.41, 5.74) is 0.991. The molecule has 1 aliphatic heterocycles. The monoisotopic (exact) mass is 328 g/mol. The minimum absolute atomic E-state index is 0.181. The summed E-state index contributed by atoms with van der Waals surface area (Å²) >= 11 is 3.31. The van der Waals surface area contributed by atoms with Crippen molar-refractivity contribution >= 4 is 15.9 Å². The van der Waals surface area contributed by atoms with Crippen LogP contribution in [-0.2, 0) is 6.54 Å². The van der Waals surface area contributed by atoms with Gasteiger partial charge in [0.25, 0.3) is 0 Å². The zero-order valence-electron chi connectivity index (χ0n) is 11.3. The van der Waals surface area contributed by atoms with Gasteiger partial charge >= 0.3 is 0 Å². The second-order valence-corrected chi connectivity index (χ2v) is 6.13. The van der Waals surface area contributed by atoms with Gasteiger partial charge in [-0.05, 0) is 69.2 Å². The Morgan fingerprint density at radius 3 is 2.68 bits per heavy atom. The summed E-state index contributed by atoms with van der Waals surface area (Å²) in [6.07, 6.45) is 5.26. The molecular weight excluding hydrogens is 307 g/mol. The third-order valence-electron chi connectivity index (χ3n) is 3.53. The van der Waals surface area contributed by atoms with Gasteiger partial charge in [0.15, 0.2) is 0 Å². The number of rotatable bonds is 6. The molecule has 0 bridgehead atoms. The van der Waals surface area contributed by atoms with Crippen molar-refractivity contribution in [2.75, 3.05) is 26.2 Å². The zero-order valence-corrected chi connectivity index (χ0v) is 12.9. The van der Waals surface area contributed by atoms with E-state index >= 15 is 0 Å². The third kappa shape index (κ3) is 5.59. The van der Waals surface area contributed by atoms with E-state index in [0.717, 1.165) is 29.5 Å². The summed E-state index contributed by atoms with van der Waals surface area (Å²) in [6.45, 7) is 5.43. The summed E-state index contributed by atoms with van der Waals surface area (Å²) in [5.74, 6) is -0.181. The predicted molar refractivity (Wildman–Crippen MR) is 80.7 cm³/mol. The van der Waals surface area contributed by atoms with E-state index in [0.29, 0.717) is 0 Å².